The highest BCUT2D eigenvalue weighted by molar-refractivity contribution is 5.66. The van der Waals surface area contributed by atoms with E-state index >= 15 is 0 Å². The minimum Gasteiger partial charge on any atom is -0.463 e. The van der Waals surface area contributed by atoms with Crippen LogP contribution in [-0.4, -0.2) is 43.0 Å². The highest BCUT2D eigenvalue weighted by Gasteiger charge is 2.49. The predicted molar refractivity (Wildman–Crippen MR) is 56.0 cm³/mol. The summed E-state index contributed by atoms with van der Waals surface area (Å²) in [5.41, 5.74) is -1.41. The van der Waals surface area contributed by atoms with Crippen molar-refractivity contribution in [3.63, 3.8) is 0 Å². The molecule has 0 saturated carbocycles. The Morgan fingerprint density at radius 1 is 1.50 bits per heavy atom. The summed E-state index contributed by atoms with van der Waals surface area (Å²) in [5, 5.41) is 8.86. The predicted octanol–water partition coefficient (Wildman–Crippen LogP) is 0.502. The molecule has 100 valence electrons. The van der Waals surface area contributed by atoms with Gasteiger partial charge in [-0.05, 0) is 0 Å². The summed E-state index contributed by atoms with van der Waals surface area (Å²) in [5.74, 6) is -1.15. The van der Waals surface area contributed by atoms with E-state index in [1.807, 2.05) is 0 Å². The Labute approximate surface area is 104 Å². The molecule has 0 amide bonds. The number of nitriles is 1. The van der Waals surface area contributed by atoms with Crippen molar-refractivity contribution in [3.8, 4) is 6.07 Å². The van der Waals surface area contributed by atoms with Crippen molar-refractivity contribution < 1.29 is 28.2 Å². The smallest absolute Gasteiger partial charge is 0.303 e. The van der Waals surface area contributed by atoms with Gasteiger partial charge in [0.05, 0.1) is 6.07 Å². The van der Waals surface area contributed by atoms with Crippen molar-refractivity contribution in [3.05, 3.63) is 0 Å². The summed E-state index contributed by atoms with van der Waals surface area (Å²) in [7, 11) is 0. The molecule has 0 aromatic carbocycles. The second-order valence-corrected chi connectivity index (χ2v) is 4.12. The lowest BCUT2D eigenvalue weighted by molar-refractivity contribution is -0.152. The van der Waals surface area contributed by atoms with Crippen LogP contribution < -0.4 is 0 Å². The van der Waals surface area contributed by atoms with E-state index in [0.717, 1.165) is 0 Å². The SMILES string of the molecule is CC(=O)OC[C@]1(CF)C[C@@H](OC(C)=O)[C@H](C#N)O1. The average Bonchev–Trinajstić information content (AvgIpc) is 2.65. The molecule has 1 heterocycles. The molecule has 0 aliphatic carbocycles. The molecule has 7 heteroatoms. The van der Waals surface area contributed by atoms with Crippen molar-refractivity contribution >= 4 is 11.9 Å². The Morgan fingerprint density at radius 2 is 2.17 bits per heavy atom. The number of esters is 2. The van der Waals surface area contributed by atoms with Gasteiger partial charge in [-0.15, -0.1) is 0 Å². The Bertz CT molecular complexity index is 380. The van der Waals surface area contributed by atoms with Crippen LogP contribution >= 0.6 is 0 Å². The zero-order valence-electron chi connectivity index (χ0n) is 10.1. The minimum absolute atomic E-state index is 0.0193. The molecule has 1 fully saturated rings. The summed E-state index contributed by atoms with van der Waals surface area (Å²) in [6, 6.07) is 1.79. The van der Waals surface area contributed by atoms with Gasteiger partial charge in [-0.3, -0.25) is 9.59 Å². The zero-order valence-corrected chi connectivity index (χ0v) is 10.1. The number of hydrogen-bond donors (Lipinski definition) is 0. The summed E-state index contributed by atoms with van der Waals surface area (Å²) in [6.45, 7) is 1.13. The first-order chi connectivity index (χ1) is 8.42. The molecule has 0 spiro atoms. The van der Waals surface area contributed by atoms with Crippen molar-refractivity contribution in [1.29, 1.82) is 5.26 Å². The van der Waals surface area contributed by atoms with Crippen LogP contribution in [0.4, 0.5) is 4.39 Å². The normalized spacial score (nSPS) is 30.6. The Hall–Kier alpha value is -1.68. The molecule has 1 aliphatic heterocycles. The number of hydrogen-bond acceptors (Lipinski definition) is 6. The fraction of sp³-hybridized carbons (Fsp3) is 0.727. The van der Waals surface area contributed by atoms with Gasteiger partial charge in [0.1, 0.15) is 25.0 Å². The Kier molecular flexibility index (Phi) is 4.62. The monoisotopic (exact) mass is 259 g/mol. The van der Waals surface area contributed by atoms with Crippen LogP contribution in [0.15, 0.2) is 0 Å². The first kappa shape index (κ1) is 14.4. The molecule has 1 rings (SSSR count). The van der Waals surface area contributed by atoms with Gasteiger partial charge < -0.3 is 14.2 Å². The number of halogens is 1. The molecule has 0 bridgehead atoms. The first-order valence-electron chi connectivity index (χ1n) is 5.36. The number of alkyl halides is 1. The second kappa shape index (κ2) is 5.78. The second-order valence-electron chi connectivity index (χ2n) is 4.12. The standard InChI is InChI=1S/C11H14FNO5/c1-7(14)16-6-11(5-12)3-9(17-8(2)15)10(4-13)18-11/h9-10H,3,5-6H2,1-2H3/t9-,10+,11-/m1/s1. The molecule has 0 N–H and O–H groups in total. The Balaban J connectivity index is 2.75. The number of nitrogens with zero attached hydrogens (tertiary/aromatic N) is 1. The van der Waals surface area contributed by atoms with Gasteiger partial charge in [-0.2, -0.15) is 5.26 Å². The molecule has 0 aromatic heterocycles. The van der Waals surface area contributed by atoms with Crippen LogP contribution in [0.5, 0.6) is 0 Å². The molecule has 0 unspecified atom stereocenters. The third-order valence-corrected chi connectivity index (χ3v) is 2.51. The van der Waals surface area contributed by atoms with E-state index in [4.69, 9.17) is 19.5 Å². The fourth-order valence-corrected chi connectivity index (χ4v) is 1.74. The van der Waals surface area contributed by atoms with Gasteiger partial charge in [0.2, 0.25) is 0 Å². The van der Waals surface area contributed by atoms with Crippen LogP contribution in [0, 0.1) is 11.3 Å². The highest BCUT2D eigenvalue weighted by atomic mass is 19.1. The summed E-state index contributed by atoms with van der Waals surface area (Å²) < 4.78 is 27.9. The number of ether oxygens (including phenoxy) is 3. The van der Waals surface area contributed by atoms with Crippen molar-refractivity contribution in [2.24, 2.45) is 0 Å². The number of carbonyl (C=O) groups is 2. The van der Waals surface area contributed by atoms with Crippen molar-refractivity contribution in [2.45, 2.75) is 38.1 Å². The maximum absolute atomic E-state index is 13.1. The van der Waals surface area contributed by atoms with Crippen LogP contribution in [0.2, 0.25) is 0 Å². The summed E-state index contributed by atoms with van der Waals surface area (Å²) >= 11 is 0. The third kappa shape index (κ3) is 3.40. The van der Waals surface area contributed by atoms with E-state index in [0.29, 0.717) is 0 Å². The van der Waals surface area contributed by atoms with Gasteiger partial charge >= 0.3 is 11.9 Å². The van der Waals surface area contributed by atoms with Gasteiger partial charge in [-0.1, -0.05) is 0 Å². The van der Waals surface area contributed by atoms with E-state index in [-0.39, 0.29) is 13.0 Å². The van der Waals surface area contributed by atoms with Crippen LogP contribution in [0.3, 0.4) is 0 Å². The topological polar surface area (TPSA) is 85.6 Å². The molecule has 3 atom stereocenters. The first-order valence-corrected chi connectivity index (χ1v) is 5.36. The molecule has 18 heavy (non-hydrogen) atoms. The maximum atomic E-state index is 13.1. The largest absolute Gasteiger partial charge is 0.463 e. The van der Waals surface area contributed by atoms with Crippen LogP contribution in [0.1, 0.15) is 20.3 Å². The molecule has 6 nitrogen and oxygen atoms in total. The molecular formula is C11H14FNO5. The molecule has 0 aromatic rings. The van der Waals surface area contributed by atoms with Gasteiger partial charge in [0, 0.05) is 20.3 Å². The Morgan fingerprint density at radius 3 is 2.61 bits per heavy atom. The number of carbonyl (C=O) groups excluding carboxylic acids is 2. The highest BCUT2D eigenvalue weighted by Crippen LogP contribution is 2.33. The van der Waals surface area contributed by atoms with Crippen molar-refractivity contribution in [1.82, 2.24) is 0 Å². The van der Waals surface area contributed by atoms with Gasteiger partial charge in [-0.25, -0.2) is 4.39 Å². The zero-order chi connectivity index (χ0) is 13.8. The maximum Gasteiger partial charge on any atom is 0.303 e. The van der Waals surface area contributed by atoms with Crippen LogP contribution in [-0.2, 0) is 23.8 Å². The molecule has 0 radical (unpaired) electrons. The fourth-order valence-electron chi connectivity index (χ4n) is 1.74. The van der Waals surface area contributed by atoms with Crippen molar-refractivity contribution in [2.75, 3.05) is 13.3 Å². The van der Waals surface area contributed by atoms with Crippen LogP contribution in [0.25, 0.3) is 0 Å². The van der Waals surface area contributed by atoms with E-state index in [2.05, 4.69) is 0 Å². The van der Waals surface area contributed by atoms with Gasteiger partial charge in [0.15, 0.2) is 6.10 Å². The third-order valence-electron chi connectivity index (χ3n) is 2.51. The van der Waals surface area contributed by atoms with E-state index in [1.54, 1.807) is 6.07 Å². The van der Waals surface area contributed by atoms with Gasteiger partial charge in [0.25, 0.3) is 0 Å². The lowest BCUT2D eigenvalue weighted by atomic mass is 10.0. The summed E-state index contributed by atoms with van der Waals surface area (Å²) in [6.07, 6.45) is -1.92. The molecule has 1 aliphatic rings. The molecule has 1 saturated heterocycles. The lowest BCUT2D eigenvalue weighted by Crippen LogP contribution is -2.38. The quantitative estimate of drug-likeness (QED) is 0.683. The molecular weight excluding hydrogens is 245 g/mol. The van der Waals surface area contributed by atoms with E-state index in [1.165, 1.54) is 13.8 Å². The minimum atomic E-state index is -1.41. The summed E-state index contributed by atoms with van der Waals surface area (Å²) in [4.78, 5) is 21.6. The average molecular weight is 259 g/mol. The lowest BCUT2D eigenvalue weighted by Gasteiger charge is -2.23. The van der Waals surface area contributed by atoms with E-state index in [9.17, 15) is 14.0 Å². The number of rotatable bonds is 4. The van der Waals surface area contributed by atoms with E-state index < -0.39 is 36.4 Å².